The maximum Gasteiger partial charge on any atom is 0.118 e. The Morgan fingerprint density at radius 3 is 2.24 bits per heavy atom. The Kier molecular flexibility index (Phi) is 4.53. The van der Waals surface area contributed by atoms with Crippen molar-refractivity contribution in [3.8, 4) is 28.1 Å². The zero-order valence-electron chi connectivity index (χ0n) is 15.9. The zero-order chi connectivity index (χ0) is 19.8. The fourth-order valence-electron chi connectivity index (χ4n) is 3.77. The van der Waals surface area contributed by atoms with Crippen molar-refractivity contribution in [2.75, 3.05) is 7.11 Å². The number of methoxy groups -OCH3 is 1. The van der Waals surface area contributed by atoms with Crippen LogP contribution in [0.15, 0.2) is 95.5 Å². The van der Waals surface area contributed by atoms with E-state index in [-0.39, 0.29) is 0 Å². The molecule has 0 aliphatic heterocycles. The summed E-state index contributed by atoms with van der Waals surface area (Å²) >= 11 is 3.52. The van der Waals surface area contributed by atoms with Crippen LogP contribution < -0.4 is 4.74 Å². The first-order valence-corrected chi connectivity index (χ1v) is 10.2. The molecule has 0 atom stereocenters. The highest BCUT2D eigenvalue weighted by Gasteiger charge is 2.12. The minimum atomic E-state index is 0.852. The fourth-order valence-corrected chi connectivity index (χ4v) is 4.04. The van der Waals surface area contributed by atoms with E-state index in [0.29, 0.717) is 0 Å². The highest BCUT2D eigenvalue weighted by molar-refractivity contribution is 9.10. The number of ether oxygens (including phenoxy) is 1. The Bertz CT molecular complexity index is 1330. The first kappa shape index (κ1) is 17.9. The molecular formula is C26H18BrNO. The summed E-state index contributed by atoms with van der Waals surface area (Å²) in [6.07, 6.45) is 0. The van der Waals surface area contributed by atoms with Gasteiger partial charge in [0.25, 0.3) is 0 Å². The number of aromatic nitrogens is 1. The Balaban J connectivity index is 1.84. The van der Waals surface area contributed by atoms with E-state index in [1.54, 1.807) is 7.11 Å². The molecule has 0 amide bonds. The van der Waals surface area contributed by atoms with Crippen LogP contribution >= 0.6 is 15.9 Å². The number of nitrogens with zero attached hydrogens (tertiary/aromatic N) is 1. The Hall–Kier alpha value is -3.17. The van der Waals surface area contributed by atoms with Gasteiger partial charge in [-0.25, -0.2) is 4.98 Å². The van der Waals surface area contributed by atoms with Gasteiger partial charge in [0.05, 0.1) is 18.3 Å². The molecule has 0 unspecified atom stereocenters. The molecule has 5 aromatic rings. The van der Waals surface area contributed by atoms with Gasteiger partial charge in [0.15, 0.2) is 0 Å². The summed E-state index contributed by atoms with van der Waals surface area (Å²) in [4.78, 5) is 5.01. The van der Waals surface area contributed by atoms with Gasteiger partial charge in [-0.2, -0.15) is 0 Å². The maximum absolute atomic E-state index is 5.35. The third kappa shape index (κ3) is 3.28. The van der Waals surface area contributed by atoms with E-state index in [0.717, 1.165) is 32.6 Å². The highest BCUT2D eigenvalue weighted by atomic mass is 79.9. The molecule has 0 radical (unpaired) electrons. The van der Waals surface area contributed by atoms with Crippen molar-refractivity contribution in [3.05, 3.63) is 95.5 Å². The normalized spacial score (nSPS) is 11.1. The molecule has 4 aromatic carbocycles. The van der Waals surface area contributed by atoms with Crippen LogP contribution in [0.1, 0.15) is 0 Å². The van der Waals surface area contributed by atoms with Gasteiger partial charge in [0.1, 0.15) is 5.75 Å². The van der Waals surface area contributed by atoms with Crippen LogP contribution in [0.5, 0.6) is 5.75 Å². The van der Waals surface area contributed by atoms with Gasteiger partial charge in [-0.1, -0.05) is 70.5 Å². The summed E-state index contributed by atoms with van der Waals surface area (Å²) in [5.74, 6) is 0.852. The van der Waals surface area contributed by atoms with E-state index in [4.69, 9.17) is 9.72 Å². The largest absolute Gasteiger partial charge is 0.497 e. The molecule has 29 heavy (non-hydrogen) atoms. The predicted octanol–water partition coefficient (Wildman–Crippen LogP) is 7.49. The molecule has 0 aliphatic carbocycles. The average molecular weight is 440 g/mol. The Morgan fingerprint density at radius 2 is 1.48 bits per heavy atom. The van der Waals surface area contributed by atoms with E-state index in [1.807, 2.05) is 12.1 Å². The summed E-state index contributed by atoms with van der Waals surface area (Å²) in [5, 5.41) is 3.60. The molecule has 0 saturated carbocycles. The van der Waals surface area contributed by atoms with E-state index in [1.165, 1.54) is 21.7 Å². The smallest absolute Gasteiger partial charge is 0.118 e. The van der Waals surface area contributed by atoms with Gasteiger partial charge in [-0.15, -0.1) is 0 Å². The lowest BCUT2D eigenvalue weighted by Gasteiger charge is -2.13. The first-order valence-electron chi connectivity index (χ1n) is 9.46. The lowest BCUT2D eigenvalue weighted by molar-refractivity contribution is 0.415. The van der Waals surface area contributed by atoms with E-state index in [2.05, 4.69) is 94.8 Å². The molecule has 1 aromatic heterocycles. The number of hydrogen-bond acceptors (Lipinski definition) is 2. The Labute approximate surface area is 177 Å². The van der Waals surface area contributed by atoms with Crippen LogP contribution in [0, 0.1) is 0 Å². The third-order valence-electron chi connectivity index (χ3n) is 5.24. The third-order valence-corrected chi connectivity index (χ3v) is 5.77. The Morgan fingerprint density at radius 1 is 0.759 bits per heavy atom. The molecule has 3 heteroatoms. The number of hydrogen-bond donors (Lipinski definition) is 0. The minimum Gasteiger partial charge on any atom is -0.497 e. The second-order valence-electron chi connectivity index (χ2n) is 6.97. The predicted molar refractivity (Wildman–Crippen MR) is 124 cm³/mol. The highest BCUT2D eigenvalue weighted by Crippen LogP contribution is 2.37. The summed E-state index contributed by atoms with van der Waals surface area (Å²) in [5.41, 5.74) is 5.37. The van der Waals surface area contributed by atoms with Crippen molar-refractivity contribution in [3.63, 3.8) is 0 Å². The maximum atomic E-state index is 5.35. The molecule has 0 bridgehead atoms. The average Bonchev–Trinajstić information content (AvgIpc) is 2.78. The summed E-state index contributed by atoms with van der Waals surface area (Å²) in [7, 11) is 1.69. The standard InChI is InChI=1S/C26H18BrNO/c1-29-21-13-8-18(9-14-21)23-16-25(19-6-11-20(27)12-7-19)28-24-15-10-17-4-2-3-5-22(17)26(23)24/h2-16H,1H3. The van der Waals surface area contributed by atoms with Crippen molar-refractivity contribution in [1.82, 2.24) is 4.98 Å². The molecular weight excluding hydrogens is 422 g/mol. The molecule has 0 spiro atoms. The molecule has 0 saturated heterocycles. The van der Waals surface area contributed by atoms with Crippen molar-refractivity contribution in [1.29, 1.82) is 0 Å². The van der Waals surface area contributed by atoms with Gasteiger partial charge in [0, 0.05) is 15.4 Å². The lowest BCUT2D eigenvalue weighted by atomic mass is 9.94. The topological polar surface area (TPSA) is 22.1 Å². The minimum absolute atomic E-state index is 0.852. The number of halogens is 1. The second kappa shape index (κ2) is 7.34. The molecule has 5 rings (SSSR count). The summed E-state index contributed by atoms with van der Waals surface area (Å²) in [6, 6.07) is 31.5. The van der Waals surface area contributed by atoms with Gasteiger partial charge < -0.3 is 4.74 Å². The molecule has 140 valence electrons. The SMILES string of the molecule is COc1ccc(-c2cc(-c3ccc(Br)cc3)nc3ccc4ccccc4c23)cc1. The fraction of sp³-hybridized carbons (Fsp3) is 0.0385. The van der Waals surface area contributed by atoms with Crippen LogP contribution in [0.4, 0.5) is 0 Å². The first-order chi connectivity index (χ1) is 14.2. The number of benzene rings is 4. The zero-order valence-corrected chi connectivity index (χ0v) is 17.5. The molecule has 0 aliphatic rings. The van der Waals surface area contributed by atoms with E-state index in [9.17, 15) is 0 Å². The number of rotatable bonds is 3. The number of fused-ring (bicyclic) bond motifs is 3. The van der Waals surface area contributed by atoms with Gasteiger partial charge >= 0.3 is 0 Å². The number of pyridine rings is 1. The van der Waals surface area contributed by atoms with Crippen molar-refractivity contribution < 1.29 is 4.74 Å². The van der Waals surface area contributed by atoms with E-state index < -0.39 is 0 Å². The van der Waals surface area contributed by atoms with Crippen molar-refractivity contribution in [2.24, 2.45) is 0 Å². The van der Waals surface area contributed by atoms with Crippen molar-refractivity contribution >= 4 is 37.6 Å². The van der Waals surface area contributed by atoms with Gasteiger partial charge in [-0.3, -0.25) is 0 Å². The second-order valence-corrected chi connectivity index (χ2v) is 7.89. The molecule has 1 heterocycles. The quantitative estimate of drug-likeness (QED) is 0.271. The molecule has 2 nitrogen and oxygen atoms in total. The summed E-state index contributed by atoms with van der Waals surface area (Å²) < 4.78 is 6.41. The van der Waals surface area contributed by atoms with Crippen molar-refractivity contribution in [2.45, 2.75) is 0 Å². The lowest BCUT2D eigenvalue weighted by Crippen LogP contribution is -1.91. The van der Waals surface area contributed by atoms with Gasteiger partial charge in [0.2, 0.25) is 0 Å². The van der Waals surface area contributed by atoms with Crippen LogP contribution in [-0.4, -0.2) is 12.1 Å². The molecule has 0 fully saturated rings. The van der Waals surface area contributed by atoms with Crippen LogP contribution in [-0.2, 0) is 0 Å². The van der Waals surface area contributed by atoms with E-state index >= 15 is 0 Å². The van der Waals surface area contributed by atoms with Crippen LogP contribution in [0.3, 0.4) is 0 Å². The van der Waals surface area contributed by atoms with Crippen LogP contribution in [0.2, 0.25) is 0 Å². The van der Waals surface area contributed by atoms with Crippen LogP contribution in [0.25, 0.3) is 44.1 Å². The van der Waals surface area contributed by atoms with Gasteiger partial charge in [-0.05, 0) is 58.3 Å². The monoisotopic (exact) mass is 439 g/mol. The molecule has 0 N–H and O–H groups in total. The summed E-state index contributed by atoms with van der Waals surface area (Å²) in [6.45, 7) is 0.